The second-order valence-electron chi connectivity index (χ2n) is 6.47. The summed E-state index contributed by atoms with van der Waals surface area (Å²) in [4.78, 5) is 21.9. The third-order valence-electron chi connectivity index (χ3n) is 4.84. The van der Waals surface area contributed by atoms with Crippen molar-refractivity contribution in [2.24, 2.45) is 0 Å². The van der Waals surface area contributed by atoms with Crippen LogP contribution in [0.3, 0.4) is 0 Å². The Balaban J connectivity index is 2.00. The van der Waals surface area contributed by atoms with Gasteiger partial charge in [0, 0.05) is 29.3 Å². The molecule has 0 unspecified atom stereocenters. The van der Waals surface area contributed by atoms with E-state index >= 15 is 0 Å². The number of fused-ring (bicyclic) bond motifs is 1. The molecular formula is C22H21N3O2. The van der Waals surface area contributed by atoms with Gasteiger partial charge in [-0.3, -0.25) is 9.36 Å². The number of methoxy groups -OCH3 is 1. The van der Waals surface area contributed by atoms with Gasteiger partial charge >= 0.3 is 6.01 Å². The highest BCUT2D eigenvalue weighted by molar-refractivity contribution is 5.96. The van der Waals surface area contributed by atoms with Crippen LogP contribution in [0.1, 0.15) is 25.5 Å². The summed E-state index contributed by atoms with van der Waals surface area (Å²) in [6, 6.07) is 8.30. The summed E-state index contributed by atoms with van der Waals surface area (Å²) in [5.74, 6) is 0. The van der Waals surface area contributed by atoms with Crippen molar-refractivity contribution in [3.63, 3.8) is 0 Å². The lowest BCUT2D eigenvalue weighted by molar-refractivity contribution is 0.380. The van der Waals surface area contributed by atoms with Gasteiger partial charge in [-0.1, -0.05) is 37.3 Å². The third-order valence-corrected chi connectivity index (χ3v) is 4.84. The van der Waals surface area contributed by atoms with E-state index in [1.54, 1.807) is 12.4 Å². The number of ether oxygens (including phenoxy) is 1. The zero-order valence-corrected chi connectivity index (χ0v) is 15.5. The lowest BCUT2D eigenvalue weighted by Crippen LogP contribution is -2.23. The van der Waals surface area contributed by atoms with Gasteiger partial charge in [-0.25, -0.2) is 9.97 Å². The van der Waals surface area contributed by atoms with Gasteiger partial charge in [-0.2, -0.15) is 0 Å². The standard InChI is InChI=1S/C22H21N3O2/c1-3-17-12-15-8-7-11-19(16-13-23-22(27-2)24-14-16)20(15)21(26)25(17)18-9-5-4-6-10-18/h5,7-14H,3-4,6H2,1-2H3. The molecule has 5 nitrogen and oxygen atoms in total. The van der Waals surface area contributed by atoms with E-state index in [-0.39, 0.29) is 5.56 Å². The van der Waals surface area contributed by atoms with Gasteiger partial charge < -0.3 is 4.74 Å². The highest BCUT2D eigenvalue weighted by Gasteiger charge is 2.15. The minimum Gasteiger partial charge on any atom is -0.467 e. The minimum absolute atomic E-state index is 0.00596. The molecule has 1 aliphatic carbocycles. The van der Waals surface area contributed by atoms with Gasteiger partial charge in [-0.05, 0) is 42.4 Å². The van der Waals surface area contributed by atoms with Gasteiger partial charge in [0.05, 0.1) is 12.5 Å². The predicted octanol–water partition coefficient (Wildman–Crippen LogP) is 4.22. The van der Waals surface area contributed by atoms with Crippen LogP contribution in [0, 0.1) is 0 Å². The molecule has 27 heavy (non-hydrogen) atoms. The van der Waals surface area contributed by atoms with E-state index < -0.39 is 0 Å². The summed E-state index contributed by atoms with van der Waals surface area (Å²) in [6.45, 7) is 2.07. The summed E-state index contributed by atoms with van der Waals surface area (Å²) >= 11 is 0. The molecule has 0 fully saturated rings. The molecule has 0 N–H and O–H groups in total. The summed E-state index contributed by atoms with van der Waals surface area (Å²) in [5, 5.41) is 1.62. The highest BCUT2D eigenvalue weighted by Crippen LogP contribution is 2.28. The molecule has 1 aliphatic rings. The maximum atomic E-state index is 13.5. The van der Waals surface area contributed by atoms with Crippen LogP contribution in [0.2, 0.25) is 0 Å². The number of allylic oxidation sites excluding steroid dienone is 4. The zero-order valence-electron chi connectivity index (χ0n) is 15.5. The maximum absolute atomic E-state index is 13.5. The van der Waals surface area contributed by atoms with E-state index in [0.717, 1.165) is 47.2 Å². The van der Waals surface area contributed by atoms with Gasteiger partial charge in [0.15, 0.2) is 0 Å². The number of aromatic nitrogens is 3. The summed E-state index contributed by atoms with van der Waals surface area (Å²) in [6.07, 6.45) is 12.4. The molecule has 0 atom stereocenters. The van der Waals surface area contributed by atoms with Crippen LogP contribution >= 0.6 is 0 Å². The van der Waals surface area contributed by atoms with Crippen LogP contribution in [0.15, 0.2) is 59.7 Å². The Kier molecular flexibility index (Phi) is 4.59. The van der Waals surface area contributed by atoms with Crippen LogP contribution < -0.4 is 10.3 Å². The van der Waals surface area contributed by atoms with E-state index in [1.165, 1.54) is 7.11 Å². The first-order valence-corrected chi connectivity index (χ1v) is 9.14. The predicted molar refractivity (Wildman–Crippen MR) is 108 cm³/mol. The number of benzene rings is 1. The molecule has 4 rings (SSSR count). The Morgan fingerprint density at radius 2 is 2.00 bits per heavy atom. The number of nitrogens with zero attached hydrogens (tertiary/aromatic N) is 3. The van der Waals surface area contributed by atoms with Crippen molar-refractivity contribution in [2.45, 2.75) is 26.2 Å². The highest BCUT2D eigenvalue weighted by atomic mass is 16.5. The average molecular weight is 359 g/mol. The van der Waals surface area contributed by atoms with Gasteiger partial charge in [0.1, 0.15) is 0 Å². The second kappa shape index (κ2) is 7.19. The minimum atomic E-state index is -0.00596. The molecule has 1 aromatic carbocycles. The van der Waals surface area contributed by atoms with Crippen molar-refractivity contribution < 1.29 is 4.74 Å². The summed E-state index contributed by atoms with van der Waals surface area (Å²) in [5.41, 5.74) is 3.58. The van der Waals surface area contributed by atoms with Crippen molar-refractivity contribution in [2.75, 3.05) is 7.11 Å². The molecule has 0 amide bonds. The Morgan fingerprint density at radius 1 is 1.19 bits per heavy atom. The Hall–Kier alpha value is -3.21. The van der Waals surface area contributed by atoms with Crippen molar-refractivity contribution in [1.82, 2.24) is 14.5 Å². The number of hydrogen-bond acceptors (Lipinski definition) is 4. The lowest BCUT2D eigenvalue weighted by atomic mass is 10.00. The molecule has 2 heterocycles. The topological polar surface area (TPSA) is 57.0 Å². The molecule has 5 heteroatoms. The Labute approximate surface area is 157 Å². The molecule has 0 radical (unpaired) electrons. The van der Waals surface area contributed by atoms with E-state index in [4.69, 9.17) is 4.74 Å². The molecule has 0 aliphatic heterocycles. The lowest BCUT2D eigenvalue weighted by Gasteiger charge is -2.17. The van der Waals surface area contributed by atoms with Crippen molar-refractivity contribution in [3.05, 3.63) is 70.9 Å². The molecule has 2 aromatic heterocycles. The number of hydrogen-bond donors (Lipinski definition) is 0. The van der Waals surface area contributed by atoms with Crippen LogP contribution in [-0.2, 0) is 6.42 Å². The van der Waals surface area contributed by atoms with Gasteiger partial charge in [0.25, 0.3) is 5.56 Å². The maximum Gasteiger partial charge on any atom is 0.316 e. The molecule has 3 aromatic rings. The van der Waals surface area contributed by atoms with Crippen LogP contribution in [0.25, 0.3) is 27.6 Å². The van der Waals surface area contributed by atoms with Crippen LogP contribution in [-0.4, -0.2) is 21.6 Å². The fraction of sp³-hybridized carbons (Fsp3) is 0.227. The van der Waals surface area contributed by atoms with E-state index in [1.807, 2.05) is 28.8 Å². The first-order valence-electron chi connectivity index (χ1n) is 9.14. The fourth-order valence-electron chi connectivity index (χ4n) is 3.53. The quantitative estimate of drug-likeness (QED) is 0.700. The number of aryl methyl sites for hydroxylation is 1. The zero-order chi connectivity index (χ0) is 18.8. The largest absolute Gasteiger partial charge is 0.467 e. The molecule has 136 valence electrons. The number of pyridine rings is 1. The van der Waals surface area contributed by atoms with E-state index in [0.29, 0.717) is 11.4 Å². The fourth-order valence-corrected chi connectivity index (χ4v) is 3.53. The first kappa shape index (κ1) is 17.2. The monoisotopic (exact) mass is 359 g/mol. The van der Waals surface area contributed by atoms with Crippen molar-refractivity contribution in [1.29, 1.82) is 0 Å². The number of rotatable bonds is 4. The SMILES string of the molecule is CCc1cc2cccc(-c3cnc(OC)nc3)c2c(=O)n1C1=CCCC=C1. The first-order chi connectivity index (χ1) is 13.2. The average Bonchev–Trinajstić information content (AvgIpc) is 2.73. The van der Waals surface area contributed by atoms with E-state index in [2.05, 4.69) is 35.1 Å². The normalized spacial score (nSPS) is 13.6. The molecule has 0 saturated carbocycles. The van der Waals surface area contributed by atoms with Gasteiger partial charge in [-0.15, -0.1) is 0 Å². The van der Waals surface area contributed by atoms with Gasteiger partial charge in [0.2, 0.25) is 0 Å². The smallest absolute Gasteiger partial charge is 0.316 e. The summed E-state index contributed by atoms with van der Waals surface area (Å²) in [7, 11) is 1.53. The van der Waals surface area contributed by atoms with Crippen molar-refractivity contribution in [3.8, 4) is 17.1 Å². The Morgan fingerprint density at radius 3 is 2.67 bits per heavy atom. The van der Waals surface area contributed by atoms with E-state index in [9.17, 15) is 4.79 Å². The van der Waals surface area contributed by atoms with Crippen LogP contribution in [0.5, 0.6) is 6.01 Å². The third kappa shape index (κ3) is 3.05. The van der Waals surface area contributed by atoms with Crippen LogP contribution in [0.4, 0.5) is 0 Å². The molecule has 0 saturated heterocycles. The Bertz CT molecular complexity index is 1110. The summed E-state index contributed by atoms with van der Waals surface area (Å²) < 4.78 is 6.88. The second-order valence-corrected chi connectivity index (χ2v) is 6.47. The van der Waals surface area contributed by atoms with Crippen molar-refractivity contribution >= 4 is 16.5 Å². The molecule has 0 bridgehead atoms. The molecular weight excluding hydrogens is 338 g/mol. The molecule has 0 spiro atoms.